The molecule has 0 atom stereocenters. The molecule has 0 saturated carbocycles. The van der Waals surface area contributed by atoms with Gasteiger partial charge in [0.1, 0.15) is 0 Å². The van der Waals surface area contributed by atoms with E-state index in [1.807, 2.05) is 12.1 Å². The lowest BCUT2D eigenvalue weighted by molar-refractivity contribution is -0.132. The van der Waals surface area contributed by atoms with Gasteiger partial charge in [-0.25, -0.2) is 8.78 Å². The zero-order valence-electron chi connectivity index (χ0n) is 18.3. The lowest BCUT2D eigenvalue weighted by Crippen LogP contribution is -2.50. The molecule has 2 aromatic carbocycles. The smallest absolute Gasteiger partial charge is 0.254 e. The minimum Gasteiger partial charge on any atom is -0.493 e. The lowest BCUT2D eigenvalue weighted by Gasteiger charge is -2.35. The van der Waals surface area contributed by atoms with Crippen molar-refractivity contribution in [3.63, 3.8) is 0 Å². The van der Waals surface area contributed by atoms with Crippen LogP contribution in [0, 0.1) is 11.6 Å². The number of carbonyl (C=O) groups excluding carboxylic acids is 2. The summed E-state index contributed by atoms with van der Waals surface area (Å²) in [5, 5.41) is 0. The van der Waals surface area contributed by atoms with Crippen molar-refractivity contribution < 1.29 is 32.6 Å². The first kappa shape index (κ1) is 23.3. The molecule has 0 unspecified atom stereocenters. The summed E-state index contributed by atoms with van der Waals surface area (Å²) in [4.78, 5) is 28.4. The van der Waals surface area contributed by atoms with E-state index in [0.717, 1.165) is 17.7 Å². The van der Waals surface area contributed by atoms with Crippen molar-refractivity contribution in [1.29, 1.82) is 0 Å². The fourth-order valence-electron chi connectivity index (χ4n) is 3.66. The number of piperazine rings is 1. The molecular weight excluding hydrogens is 422 g/mol. The number of ether oxygens (including phenoxy) is 3. The minimum atomic E-state index is -1.06. The Morgan fingerprint density at radius 3 is 1.97 bits per heavy atom. The van der Waals surface area contributed by atoms with Crippen LogP contribution in [0.2, 0.25) is 0 Å². The summed E-state index contributed by atoms with van der Waals surface area (Å²) >= 11 is 0. The van der Waals surface area contributed by atoms with Gasteiger partial charge in [-0.15, -0.1) is 0 Å². The van der Waals surface area contributed by atoms with Crippen molar-refractivity contribution in [2.24, 2.45) is 0 Å². The second-order valence-electron chi connectivity index (χ2n) is 7.34. The molecule has 1 aliphatic rings. The molecule has 1 saturated heterocycles. The van der Waals surface area contributed by atoms with Gasteiger partial charge in [0.15, 0.2) is 23.1 Å². The maximum atomic E-state index is 13.4. The van der Waals surface area contributed by atoms with Gasteiger partial charge < -0.3 is 24.0 Å². The molecule has 0 aliphatic carbocycles. The van der Waals surface area contributed by atoms with Gasteiger partial charge in [-0.1, -0.05) is 0 Å². The van der Waals surface area contributed by atoms with Gasteiger partial charge in [0.05, 0.1) is 21.3 Å². The van der Waals surface area contributed by atoms with Crippen molar-refractivity contribution >= 4 is 11.8 Å². The number of nitrogens with zero attached hydrogens (tertiary/aromatic N) is 2. The number of benzene rings is 2. The Balaban J connectivity index is 1.56. The highest BCUT2D eigenvalue weighted by Gasteiger charge is 2.25. The molecule has 1 fully saturated rings. The van der Waals surface area contributed by atoms with Crippen molar-refractivity contribution in [3.8, 4) is 17.2 Å². The predicted molar refractivity (Wildman–Crippen MR) is 113 cm³/mol. The summed E-state index contributed by atoms with van der Waals surface area (Å²) in [7, 11) is 4.60. The van der Waals surface area contributed by atoms with E-state index in [9.17, 15) is 18.4 Å². The highest BCUT2D eigenvalue weighted by atomic mass is 19.2. The monoisotopic (exact) mass is 448 g/mol. The first-order valence-electron chi connectivity index (χ1n) is 10.2. The Bertz CT molecular complexity index is 965. The van der Waals surface area contributed by atoms with Crippen LogP contribution >= 0.6 is 0 Å². The largest absolute Gasteiger partial charge is 0.493 e. The average Bonchev–Trinajstić information content (AvgIpc) is 2.83. The molecule has 2 amide bonds. The number of methoxy groups -OCH3 is 3. The third-order valence-electron chi connectivity index (χ3n) is 5.44. The van der Waals surface area contributed by atoms with Crippen LogP contribution in [-0.2, 0) is 11.2 Å². The van der Waals surface area contributed by atoms with Gasteiger partial charge in [0, 0.05) is 38.2 Å². The Morgan fingerprint density at radius 2 is 1.44 bits per heavy atom. The summed E-state index contributed by atoms with van der Waals surface area (Å²) in [6.45, 7) is 1.41. The standard InChI is InChI=1S/C23H26F2N2O5/c1-30-19-12-15(13-20(31-2)22(19)32-3)4-7-21(28)26-8-10-27(11-9-26)23(29)16-5-6-17(24)18(25)14-16/h5-6,12-14H,4,7-11H2,1-3H3. The Labute approximate surface area is 185 Å². The van der Waals surface area contributed by atoms with Crippen LogP contribution in [0.5, 0.6) is 17.2 Å². The van der Waals surface area contributed by atoms with Crippen LogP contribution < -0.4 is 14.2 Å². The quantitative estimate of drug-likeness (QED) is 0.652. The number of aryl methyl sites for hydroxylation is 1. The van der Waals surface area contributed by atoms with Gasteiger partial charge in [-0.2, -0.15) is 0 Å². The van der Waals surface area contributed by atoms with Crippen molar-refractivity contribution in [2.75, 3.05) is 47.5 Å². The molecule has 1 heterocycles. The van der Waals surface area contributed by atoms with Gasteiger partial charge in [0.25, 0.3) is 5.91 Å². The fourth-order valence-corrected chi connectivity index (χ4v) is 3.66. The summed E-state index contributed by atoms with van der Waals surface area (Å²) in [6.07, 6.45) is 0.777. The molecule has 1 aliphatic heterocycles. The molecule has 0 spiro atoms. The SMILES string of the molecule is COc1cc(CCC(=O)N2CCN(C(=O)c3ccc(F)c(F)c3)CC2)cc(OC)c1OC. The molecule has 3 rings (SSSR count). The van der Waals surface area contributed by atoms with E-state index in [2.05, 4.69) is 0 Å². The van der Waals surface area contributed by atoms with E-state index in [0.29, 0.717) is 49.8 Å². The summed E-state index contributed by atoms with van der Waals surface area (Å²) in [6, 6.07) is 6.72. The number of halogens is 2. The molecule has 0 radical (unpaired) electrons. The molecule has 7 nitrogen and oxygen atoms in total. The highest BCUT2D eigenvalue weighted by molar-refractivity contribution is 5.94. The molecule has 0 aromatic heterocycles. The second kappa shape index (κ2) is 10.3. The number of hydrogen-bond acceptors (Lipinski definition) is 5. The maximum Gasteiger partial charge on any atom is 0.254 e. The Kier molecular flexibility index (Phi) is 7.50. The molecule has 0 N–H and O–H groups in total. The zero-order chi connectivity index (χ0) is 23.3. The average molecular weight is 448 g/mol. The first-order chi connectivity index (χ1) is 15.4. The third-order valence-corrected chi connectivity index (χ3v) is 5.44. The van der Waals surface area contributed by atoms with Gasteiger partial charge >= 0.3 is 0 Å². The van der Waals surface area contributed by atoms with Gasteiger partial charge in [0.2, 0.25) is 11.7 Å². The van der Waals surface area contributed by atoms with E-state index in [1.165, 1.54) is 32.3 Å². The highest BCUT2D eigenvalue weighted by Crippen LogP contribution is 2.38. The van der Waals surface area contributed by atoms with Crippen LogP contribution in [0.1, 0.15) is 22.3 Å². The van der Waals surface area contributed by atoms with Crippen molar-refractivity contribution in [3.05, 3.63) is 53.1 Å². The molecule has 0 bridgehead atoms. The zero-order valence-corrected chi connectivity index (χ0v) is 18.3. The lowest BCUT2D eigenvalue weighted by atomic mass is 10.1. The van der Waals surface area contributed by atoms with E-state index in [-0.39, 0.29) is 23.8 Å². The predicted octanol–water partition coefficient (Wildman–Crippen LogP) is 2.91. The second-order valence-corrected chi connectivity index (χ2v) is 7.34. The molecule has 9 heteroatoms. The van der Waals surface area contributed by atoms with E-state index in [1.54, 1.807) is 4.90 Å². The normalized spacial score (nSPS) is 13.7. The van der Waals surface area contributed by atoms with Gasteiger partial charge in [-0.3, -0.25) is 9.59 Å². The molecule has 2 aromatic rings. The Morgan fingerprint density at radius 1 is 0.844 bits per heavy atom. The number of amides is 2. The minimum absolute atomic E-state index is 0.0290. The van der Waals surface area contributed by atoms with Crippen molar-refractivity contribution in [1.82, 2.24) is 9.80 Å². The van der Waals surface area contributed by atoms with Crippen LogP contribution in [0.3, 0.4) is 0 Å². The van der Waals surface area contributed by atoms with Crippen molar-refractivity contribution in [2.45, 2.75) is 12.8 Å². The van der Waals surface area contributed by atoms with E-state index in [4.69, 9.17) is 14.2 Å². The van der Waals surface area contributed by atoms with E-state index >= 15 is 0 Å². The molecule has 32 heavy (non-hydrogen) atoms. The topological polar surface area (TPSA) is 68.3 Å². The van der Waals surface area contributed by atoms with Crippen LogP contribution in [0.4, 0.5) is 8.78 Å². The number of carbonyl (C=O) groups is 2. The fraction of sp³-hybridized carbons (Fsp3) is 0.391. The Hall–Kier alpha value is -3.36. The molecular formula is C23H26F2N2O5. The summed E-state index contributed by atoms with van der Waals surface area (Å²) in [5.74, 6) is -0.920. The van der Waals surface area contributed by atoms with Crippen LogP contribution in [0.15, 0.2) is 30.3 Å². The number of rotatable bonds is 7. The van der Waals surface area contributed by atoms with Crippen LogP contribution in [0.25, 0.3) is 0 Å². The van der Waals surface area contributed by atoms with Crippen LogP contribution in [-0.4, -0.2) is 69.1 Å². The van der Waals surface area contributed by atoms with E-state index < -0.39 is 11.6 Å². The molecule has 172 valence electrons. The van der Waals surface area contributed by atoms with Gasteiger partial charge in [-0.05, 0) is 42.3 Å². The summed E-state index contributed by atoms with van der Waals surface area (Å²) in [5.41, 5.74) is 0.964. The third kappa shape index (κ3) is 5.09. The number of hydrogen-bond donors (Lipinski definition) is 0. The summed E-state index contributed by atoms with van der Waals surface area (Å²) < 4.78 is 42.5. The first-order valence-corrected chi connectivity index (χ1v) is 10.2. The maximum absolute atomic E-state index is 13.4.